The van der Waals surface area contributed by atoms with E-state index in [-0.39, 0.29) is 13.2 Å². The number of aliphatic hydroxyl groups is 2. The third-order valence-corrected chi connectivity index (χ3v) is 7.59. The lowest BCUT2D eigenvalue weighted by Crippen LogP contribution is -1.93. The van der Waals surface area contributed by atoms with Crippen molar-refractivity contribution in [3.8, 4) is 0 Å². The summed E-state index contributed by atoms with van der Waals surface area (Å²) in [5, 5.41) is 32.3. The molecule has 0 aromatic heterocycles. The monoisotopic (exact) mass is 603 g/mol. The number of unbranched alkanes of at least 4 members (excludes halogenated alkanes) is 26. The van der Waals surface area contributed by atoms with E-state index in [2.05, 4.69) is 13.8 Å². The molecule has 0 saturated heterocycles. The predicted octanol–water partition coefficient (Wildman–Crippen LogP) is 10.9. The zero-order chi connectivity index (χ0) is 31.8. The third-order valence-electron chi connectivity index (χ3n) is 7.59. The zero-order valence-electron chi connectivity index (χ0n) is 28.2. The molecule has 0 aromatic rings. The average molecular weight is 603 g/mol. The zero-order valence-corrected chi connectivity index (χ0v) is 28.2. The van der Waals surface area contributed by atoms with Crippen molar-refractivity contribution in [2.45, 2.75) is 206 Å². The van der Waals surface area contributed by atoms with E-state index >= 15 is 0 Å². The molecule has 0 aliphatic rings. The van der Waals surface area contributed by atoms with Crippen molar-refractivity contribution in [1.82, 2.24) is 0 Å². The Hall–Kier alpha value is -1.14. The quantitative estimate of drug-likeness (QED) is 0.0587. The van der Waals surface area contributed by atoms with Crippen LogP contribution in [0.1, 0.15) is 206 Å². The largest absolute Gasteiger partial charge is 0.481 e. The van der Waals surface area contributed by atoms with Gasteiger partial charge in [0.2, 0.25) is 0 Å². The van der Waals surface area contributed by atoms with E-state index in [9.17, 15) is 9.59 Å². The van der Waals surface area contributed by atoms with Crippen molar-refractivity contribution in [1.29, 1.82) is 0 Å². The van der Waals surface area contributed by atoms with Gasteiger partial charge in [-0.2, -0.15) is 0 Å². The van der Waals surface area contributed by atoms with Gasteiger partial charge in [0, 0.05) is 12.8 Å². The summed E-state index contributed by atoms with van der Waals surface area (Å²) in [4.78, 5) is 20.6. The second-order valence-electron chi connectivity index (χ2n) is 11.9. The first-order chi connectivity index (χ1) is 20.5. The number of aliphatic hydroxyl groups excluding tert-OH is 2. The number of carbonyl (C=O) groups is 2. The van der Waals surface area contributed by atoms with Gasteiger partial charge in [-0.25, -0.2) is 0 Å². The predicted molar refractivity (Wildman–Crippen MR) is 179 cm³/mol. The van der Waals surface area contributed by atoms with Crippen LogP contribution in [0, 0.1) is 0 Å². The van der Waals surface area contributed by atoms with Crippen LogP contribution >= 0.6 is 0 Å². The molecule has 4 N–H and O–H groups in total. The summed E-state index contributed by atoms with van der Waals surface area (Å²) in [6, 6.07) is 0. The minimum Gasteiger partial charge on any atom is -0.481 e. The Labute approximate surface area is 261 Å². The lowest BCUT2D eigenvalue weighted by atomic mass is 10.0. The molecule has 42 heavy (non-hydrogen) atoms. The maximum absolute atomic E-state index is 10.3. The maximum Gasteiger partial charge on any atom is 0.303 e. The van der Waals surface area contributed by atoms with Crippen LogP contribution in [0.5, 0.6) is 0 Å². The van der Waals surface area contributed by atoms with Gasteiger partial charge in [-0.15, -0.1) is 0 Å². The fourth-order valence-corrected chi connectivity index (χ4v) is 4.94. The normalized spacial score (nSPS) is 10.5. The average Bonchev–Trinajstić information content (AvgIpc) is 2.97. The molecular weight excluding hydrogens is 528 g/mol. The number of carboxylic acids is 2. The molecule has 6 heteroatoms. The van der Waals surface area contributed by atoms with E-state index in [1.165, 1.54) is 154 Å². The molecule has 0 saturated carbocycles. The highest BCUT2D eigenvalue weighted by Crippen LogP contribution is 2.14. The Morgan fingerprint density at radius 2 is 0.500 bits per heavy atom. The van der Waals surface area contributed by atoms with Crippen LogP contribution in [0.3, 0.4) is 0 Å². The molecule has 0 amide bonds. The first-order valence-electron chi connectivity index (χ1n) is 18.1. The minimum atomic E-state index is -0.654. The van der Waals surface area contributed by atoms with Crippen molar-refractivity contribution in [3.63, 3.8) is 0 Å². The molecule has 0 bridgehead atoms. The molecule has 0 aromatic carbocycles. The van der Waals surface area contributed by atoms with Gasteiger partial charge in [-0.05, 0) is 12.8 Å². The Morgan fingerprint density at radius 3 is 0.643 bits per heavy atom. The molecule has 0 unspecified atom stereocenters. The Balaban J connectivity index is -0.000000641. The maximum atomic E-state index is 10.3. The van der Waals surface area contributed by atoms with Crippen molar-refractivity contribution in [2.24, 2.45) is 0 Å². The summed E-state index contributed by atoms with van der Waals surface area (Å²) in [5.41, 5.74) is 0. The topological polar surface area (TPSA) is 115 Å². The minimum absolute atomic E-state index is 0.125. The highest BCUT2D eigenvalue weighted by Gasteiger charge is 1.98. The summed E-state index contributed by atoms with van der Waals surface area (Å²) in [6.07, 6.45) is 37.5. The van der Waals surface area contributed by atoms with Crippen LogP contribution in [0.25, 0.3) is 0 Å². The van der Waals surface area contributed by atoms with Gasteiger partial charge < -0.3 is 20.4 Å². The number of hydrogen-bond donors (Lipinski definition) is 4. The van der Waals surface area contributed by atoms with Gasteiger partial charge in [0.1, 0.15) is 0 Å². The number of hydrogen-bond acceptors (Lipinski definition) is 4. The molecule has 0 aliphatic carbocycles. The van der Waals surface area contributed by atoms with E-state index in [0.717, 1.165) is 25.7 Å². The second-order valence-corrected chi connectivity index (χ2v) is 11.9. The van der Waals surface area contributed by atoms with E-state index in [1.807, 2.05) is 0 Å². The van der Waals surface area contributed by atoms with Crippen molar-refractivity contribution >= 4 is 11.9 Å². The van der Waals surface area contributed by atoms with Crippen LogP contribution in [-0.4, -0.2) is 45.6 Å². The summed E-state index contributed by atoms with van der Waals surface area (Å²) >= 11 is 0. The number of aliphatic carboxylic acids is 2. The van der Waals surface area contributed by atoms with Crippen LogP contribution in [0.4, 0.5) is 0 Å². The SMILES string of the molecule is CCCCCCCCCCCCCCCCC(=O)O.CCCCCCCCCCCCCCCCC(=O)O.OCCO. The molecular formula is C36H74O6. The van der Waals surface area contributed by atoms with E-state index in [1.54, 1.807) is 0 Å². The van der Waals surface area contributed by atoms with E-state index in [0.29, 0.717) is 12.8 Å². The van der Waals surface area contributed by atoms with Crippen molar-refractivity contribution in [3.05, 3.63) is 0 Å². The van der Waals surface area contributed by atoms with Gasteiger partial charge in [-0.1, -0.05) is 181 Å². The molecule has 254 valence electrons. The summed E-state index contributed by atoms with van der Waals surface area (Å²) in [6.45, 7) is 4.28. The highest BCUT2D eigenvalue weighted by molar-refractivity contribution is 5.66. The molecule has 0 aliphatic heterocycles. The molecule has 6 nitrogen and oxygen atoms in total. The number of rotatable bonds is 31. The lowest BCUT2D eigenvalue weighted by Gasteiger charge is -2.02. The molecule has 0 fully saturated rings. The van der Waals surface area contributed by atoms with Crippen LogP contribution in [0.15, 0.2) is 0 Å². The van der Waals surface area contributed by atoms with Crippen LogP contribution < -0.4 is 0 Å². The van der Waals surface area contributed by atoms with E-state index < -0.39 is 11.9 Å². The van der Waals surface area contributed by atoms with Gasteiger partial charge in [-0.3, -0.25) is 9.59 Å². The van der Waals surface area contributed by atoms with Crippen molar-refractivity contribution < 1.29 is 30.0 Å². The summed E-state index contributed by atoms with van der Waals surface area (Å²) in [5.74, 6) is -1.31. The van der Waals surface area contributed by atoms with Gasteiger partial charge in [0.05, 0.1) is 13.2 Å². The Kier molecular flexibility index (Phi) is 47.8. The van der Waals surface area contributed by atoms with Gasteiger partial charge >= 0.3 is 11.9 Å². The van der Waals surface area contributed by atoms with Crippen LogP contribution in [-0.2, 0) is 9.59 Å². The van der Waals surface area contributed by atoms with Crippen LogP contribution in [0.2, 0.25) is 0 Å². The summed E-state index contributed by atoms with van der Waals surface area (Å²) < 4.78 is 0. The second kappa shape index (κ2) is 44.3. The fraction of sp³-hybridized carbons (Fsp3) is 0.944. The summed E-state index contributed by atoms with van der Waals surface area (Å²) in [7, 11) is 0. The highest BCUT2D eigenvalue weighted by atomic mass is 16.4. The van der Waals surface area contributed by atoms with Crippen molar-refractivity contribution in [2.75, 3.05) is 13.2 Å². The first kappa shape index (κ1) is 45.3. The van der Waals surface area contributed by atoms with Gasteiger partial charge in [0.15, 0.2) is 0 Å². The standard InChI is InChI=1S/2C17H34O2.C2H6O2/c2*1-2-3-4-5-6-7-8-9-10-11-12-13-14-15-16-17(18)19;3-1-2-4/h2*2-16H2,1H3,(H,18,19);3-4H,1-2H2. The Morgan fingerprint density at radius 1 is 0.333 bits per heavy atom. The molecule has 0 rings (SSSR count). The first-order valence-corrected chi connectivity index (χ1v) is 18.1. The Bertz CT molecular complexity index is 453. The smallest absolute Gasteiger partial charge is 0.303 e. The third kappa shape index (κ3) is 54.9. The molecule has 0 heterocycles. The fourth-order valence-electron chi connectivity index (χ4n) is 4.94. The molecule has 0 spiro atoms. The molecule has 0 radical (unpaired) electrons. The number of carboxylic acid groups (broad SMARTS) is 2. The lowest BCUT2D eigenvalue weighted by molar-refractivity contribution is -0.138. The molecule has 0 atom stereocenters. The van der Waals surface area contributed by atoms with E-state index in [4.69, 9.17) is 20.4 Å². The van der Waals surface area contributed by atoms with Gasteiger partial charge in [0.25, 0.3) is 0 Å².